The zero-order valence-corrected chi connectivity index (χ0v) is 16.6. The molecule has 2 aromatic carbocycles. The number of hydrogen-bond acceptors (Lipinski definition) is 5. The summed E-state index contributed by atoms with van der Waals surface area (Å²) in [7, 11) is 0. The number of hydrogen-bond donors (Lipinski definition) is 3. The van der Waals surface area contributed by atoms with Crippen molar-refractivity contribution in [3.05, 3.63) is 76.3 Å². The summed E-state index contributed by atoms with van der Waals surface area (Å²) in [5.41, 5.74) is 1.26. The van der Waals surface area contributed by atoms with Crippen molar-refractivity contribution in [2.24, 2.45) is 0 Å². The second kappa shape index (κ2) is 9.69. The van der Waals surface area contributed by atoms with Crippen molar-refractivity contribution in [3.63, 3.8) is 0 Å². The van der Waals surface area contributed by atoms with E-state index in [-0.39, 0.29) is 17.9 Å². The Morgan fingerprint density at radius 2 is 1.72 bits per heavy atom. The van der Waals surface area contributed by atoms with Gasteiger partial charge in [0.05, 0.1) is 18.2 Å². The number of nitrogens with one attached hydrogen (secondary N) is 1. The van der Waals surface area contributed by atoms with Gasteiger partial charge in [0.1, 0.15) is 5.76 Å². The molecule has 0 saturated carbocycles. The molecule has 1 aliphatic rings. The third kappa shape index (κ3) is 4.67. The second-order valence-corrected chi connectivity index (χ2v) is 7.17. The van der Waals surface area contributed by atoms with Crippen molar-refractivity contribution in [2.45, 2.75) is 12.5 Å². The van der Waals surface area contributed by atoms with Crippen LogP contribution in [0.5, 0.6) is 0 Å². The molecule has 3 N–H and O–H groups in total. The van der Waals surface area contributed by atoms with Gasteiger partial charge in [-0.2, -0.15) is 0 Å². The molecule has 29 heavy (non-hydrogen) atoms. The fraction of sp³-hybridized carbons (Fsp3) is 0.273. The summed E-state index contributed by atoms with van der Waals surface area (Å²) >= 11 is 6.00. The average molecular weight is 415 g/mol. The van der Waals surface area contributed by atoms with Crippen LogP contribution < -0.4 is 5.32 Å². The van der Waals surface area contributed by atoms with Gasteiger partial charge in [-0.25, -0.2) is 0 Å². The van der Waals surface area contributed by atoms with E-state index in [9.17, 15) is 14.7 Å². The van der Waals surface area contributed by atoms with Gasteiger partial charge in [-0.3, -0.25) is 9.59 Å². The summed E-state index contributed by atoms with van der Waals surface area (Å²) < 4.78 is 0. The van der Waals surface area contributed by atoms with Crippen molar-refractivity contribution in [3.8, 4) is 0 Å². The quantitative estimate of drug-likeness (QED) is 0.267. The van der Waals surface area contributed by atoms with E-state index in [0.717, 1.165) is 0 Å². The Labute approximate surface area is 174 Å². The zero-order chi connectivity index (χ0) is 20.8. The van der Waals surface area contributed by atoms with Gasteiger partial charge in [0, 0.05) is 23.7 Å². The Balaban J connectivity index is 1.98. The highest BCUT2D eigenvalue weighted by atomic mass is 35.5. The number of nitrogens with zero attached hydrogens (tertiary/aromatic N) is 1. The minimum absolute atomic E-state index is 0.0341. The molecule has 1 amide bonds. The molecule has 1 fully saturated rings. The molecule has 1 aliphatic heterocycles. The van der Waals surface area contributed by atoms with E-state index in [4.69, 9.17) is 16.7 Å². The van der Waals surface area contributed by atoms with Gasteiger partial charge in [0.25, 0.3) is 11.7 Å². The lowest BCUT2D eigenvalue weighted by Gasteiger charge is -2.25. The first-order valence-corrected chi connectivity index (χ1v) is 9.83. The molecule has 2 aromatic rings. The number of likely N-dealkylation sites (tertiary alicyclic amines) is 1. The fourth-order valence-electron chi connectivity index (χ4n) is 3.43. The van der Waals surface area contributed by atoms with Gasteiger partial charge >= 0.3 is 0 Å². The lowest BCUT2D eigenvalue weighted by atomic mass is 9.95. The molecule has 6 nitrogen and oxygen atoms in total. The largest absolute Gasteiger partial charge is 0.507 e. The molecule has 1 heterocycles. The second-order valence-electron chi connectivity index (χ2n) is 6.74. The SMILES string of the molecule is O=C1C(=O)N(CCCNCCO)C(c2ccc(Cl)cc2)/C1=C(\O)c1ccccc1. The zero-order valence-electron chi connectivity index (χ0n) is 15.8. The highest BCUT2D eigenvalue weighted by Crippen LogP contribution is 2.39. The maximum atomic E-state index is 12.8. The molecule has 3 rings (SSSR count). The number of halogens is 1. The summed E-state index contributed by atoms with van der Waals surface area (Å²) in [4.78, 5) is 27.1. The van der Waals surface area contributed by atoms with Gasteiger partial charge in [-0.1, -0.05) is 54.1 Å². The Bertz CT molecular complexity index is 897. The molecular formula is C22H23ClN2O4. The molecule has 7 heteroatoms. The van der Waals surface area contributed by atoms with Crippen LogP contribution in [0.25, 0.3) is 5.76 Å². The van der Waals surface area contributed by atoms with E-state index >= 15 is 0 Å². The Morgan fingerprint density at radius 3 is 2.38 bits per heavy atom. The van der Waals surface area contributed by atoms with Crippen molar-refractivity contribution >= 4 is 29.1 Å². The number of ketones is 1. The van der Waals surface area contributed by atoms with E-state index in [1.54, 1.807) is 48.5 Å². The number of carbonyl (C=O) groups excluding carboxylic acids is 2. The molecule has 0 aromatic heterocycles. The van der Waals surface area contributed by atoms with Crippen LogP contribution in [0.3, 0.4) is 0 Å². The maximum Gasteiger partial charge on any atom is 0.295 e. The summed E-state index contributed by atoms with van der Waals surface area (Å²) in [6.45, 7) is 1.43. The number of Topliss-reactive ketones (excluding diaryl/α,β-unsaturated/α-hetero) is 1. The average Bonchev–Trinajstić information content (AvgIpc) is 2.99. The number of carbonyl (C=O) groups is 2. The Morgan fingerprint density at radius 1 is 1.03 bits per heavy atom. The van der Waals surface area contributed by atoms with Crippen LogP contribution in [0.4, 0.5) is 0 Å². The van der Waals surface area contributed by atoms with Gasteiger partial charge in [-0.15, -0.1) is 0 Å². The van der Waals surface area contributed by atoms with E-state index in [1.807, 2.05) is 6.07 Å². The van der Waals surface area contributed by atoms with Crippen molar-refractivity contribution in [1.82, 2.24) is 10.2 Å². The van der Waals surface area contributed by atoms with Crippen LogP contribution in [0, 0.1) is 0 Å². The van der Waals surface area contributed by atoms with E-state index < -0.39 is 17.7 Å². The minimum Gasteiger partial charge on any atom is -0.507 e. The third-order valence-electron chi connectivity index (χ3n) is 4.81. The smallest absolute Gasteiger partial charge is 0.295 e. The van der Waals surface area contributed by atoms with Crippen molar-refractivity contribution < 1.29 is 19.8 Å². The molecule has 1 saturated heterocycles. The van der Waals surface area contributed by atoms with Gasteiger partial charge in [0.2, 0.25) is 0 Å². The number of amides is 1. The lowest BCUT2D eigenvalue weighted by molar-refractivity contribution is -0.139. The summed E-state index contributed by atoms with van der Waals surface area (Å²) in [5, 5.41) is 23.3. The first-order chi connectivity index (χ1) is 14.0. The maximum absolute atomic E-state index is 12.8. The minimum atomic E-state index is -0.699. The summed E-state index contributed by atoms with van der Waals surface area (Å²) in [6, 6.07) is 14.9. The van der Waals surface area contributed by atoms with E-state index in [0.29, 0.717) is 42.2 Å². The van der Waals surface area contributed by atoms with Crippen LogP contribution in [-0.2, 0) is 9.59 Å². The third-order valence-corrected chi connectivity index (χ3v) is 5.07. The predicted molar refractivity (Wildman–Crippen MR) is 111 cm³/mol. The summed E-state index contributed by atoms with van der Waals surface area (Å²) in [6.07, 6.45) is 0.600. The van der Waals surface area contributed by atoms with Crippen LogP contribution >= 0.6 is 11.6 Å². The Kier molecular flexibility index (Phi) is 7.04. The molecule has 0 radical (unpaired) electrons. The topological polar surface area (TPSA) is 89.9 Å². The van der Waals surface area contributed by atoms with E-state index in [2.05, 4.69) is 5.32 Å². The predicted octanol–water partition coefficient (Wildman–Crippen LogP) is 2.73. The van der Waals surface area contributed by atoms with Crippen LogP contribution in [0.15, 0.2) is 60.2 Å². The number of benzene rings is 2. The van der Waals surface area contributed by atoms with Crippen LogP contribution in [0.2, 0.25) is 5.02 Å². The molecule has 0 bridgehead atoms. The first kappa shape index (κ1) is 21.0. The highest BCUT2D eigenvalue weighted by Gasteiger charge is 2.45. The highest BCUT2D eigenvalue weighted by molar-refractivity contribution is 6.46. The molecule has 152 valence electrons. The molecule has 1 atom stereocenters. The normalized spacial score (nSPS) is 18.4. The van der Waals surface area contributed by atoms with Crippen LogP contribution in [0.1, 0.15) is 23.6 Å². The van der Waals surface area contributed by atoms with Gasteiger partial charge < -0.3 is 20.4 Å². The molecule has 0 aliphatic carbocycles. The molecular weight excluding hydrogens is 392 g/mol. The summed E-state index contributed by atoms with van der Waals surface area (Å²) in [5.74, 6) is -1.52. The fourth-order valence-corrected chi connectivity index (χ4v) is 3.56. The van der Waals surface area contributed by atoms with Gasteiger partial charge in [-0.05, 0) is 30.7 Å². The lowest BCUT2D eigenvalue weighted by Crippen LogP contribution is -2.32. The number of rotatable bonds is 8. The first-order valence-electron chi connectivity index (χ1n) is 9.45. The molecule has 0 spiro atoms. The molecule has 1 unspecified atom stereocenters. The van der Waals surface area contributed by atoms with E-state index in [1.165, 1.54) is 4.90 Å². The van der Waals surface area contributed by atoms with Gasteiger partial charge in [0.15, 0.2) is 0 Å². The van der Waals surface area contributed by atoms with Crippen molar-refractivity contribution in [2.75, 3.05) is 26.2 Å². The number of aliphatic hydroxyl groups is 2. The number of aliphatic hydroxyl groups excluding tert-OH is 2. The van der Waals surface area contributed by atoms with Crippen molar-refractivity contribution in [1.29, 1.82) is 0 Å². The monoisotopic (exact) mass is 414 g/mol. The van der Waals surface area contributed by atoms with Crippen LogP contribution in [-0.4, -0.2) is 53.0 Å². The Hall–Kier alpha value is -2.67. The standard InChI is InChI=1S/C22H23ClN2O4/c23-17-9-7-15(8-10-17)19-18(20(27)16-5-2-1-3-6-16)21(28)22(29)25(19)13-4-11-24-12-14-26/h1-3,5-10,19,24,26-27H,4,11-14H2/b20-18+.